The summed E-state index contributed by atoms with van der Waals surface area (Å²) in [6.07, 6.45) is 3.07. The monoisotopic (exact) mass is 467 g/mol. The van der Waals surface area contributed by atoms with Crippen molar-refractivity contribution in [2.75, 3.05) is 0 Å². The number of hydrogen-bond donors (Lipinski definition) is 2. The van der Waals surface area contributed by atoms with E-state index in [9.17, 15) is 19.1 Å². The Morgan fingerprint density at radius 2 is 1.96 bits per heavy atom. The van der Waals surface area contributed by atoms with Crippen LogP contribution in [0.1, 0.15) is 46.8 Å². The molecule has 2 N–H and O–H groups in total. The van der Waals surface area contributed by atoms with E-state index in [-0.39, 0.29) is 35.7 Å². The quantitative estimate of drug-likeness (QED) is 0.622. The maximum Gasteiger partial charge on any atom is 0.337 e. The fraction of sp³-hybridized carbons (Fsp3) is 0.300. The van der Waals surface area contributed by atoms with E-state index < -0.39 is 5.97 Å². The molecule has 1 unspecified atom stereocenters. The lowest BCUT2D eigenvalue weighted by atomic mass is 9.77. The zero-order valence-electron chi connectivity index (χ0n) is 14.0. The molecule has 1 aliphatic rings. The number of carbonyl (C=O) groups excluding carboxylic acids is 1. The highest BCUT2D eigenvalue weighted by molar-refractivity contribution is 14.1. The van der Waals surface area contributed by atoms with Gasteiger partial charge in [0.05, 0.1) is 18.0 Å². The zero-order chi connectivity index (χ0) is 18.7. The van der Waals surface area contributed by atoms with Crippen LogP contribution in [-0.4, -0.2) is 17.0 Å². The number of benzene rings is 2. The summed E-state index contributed by atoms with van der Waals surface area (Å²) in [5.41, 5.74) is 1.40. The van der Waals surface area contributed by atoms with Gasteiger partial charge in [0.1, 0.15) is 5.82 Å². The van der Waals surface area contributed by atoms with E-state index in [1.165, 1.54) is 12.1 Å². The lowest BCUT2D eigenvalue weighted by molar-refractivity contribution is -0.121. The molecular formula is C20H19FINO3. The summed E-state index contributed by atoms with van der Waals surface area (Å²) in [5, 5.41) is 12.4. The van der Waals surface area contributed by atoms with Gasteiger partial charge in [0.25, 0.3) is 0 Å². The van der Waals surface area contributed by atoms with E-state index in [0.717, 1.165) is 24.8 Å². The largest absolute Gasteiger partial charge is 0.478 e. The molecule has 1 amide bonds. The third-order valence-corrected chi connectivity index (χ3v) is 5.71. The average Bonchev–Trinajstić information content (AvgIpc) is 2.52. The summed E-state index contributed by atoms with van der Waals surface area (Å²) >= 11 is 1.96. The van der Waals surface area contributed by atoms with E-state index >= 15 is 0 Å². The molecule has 0 radical (unpaired) electrons. The first-order valence-corrected chi connectivity index (χ1v) is 9.59. The zero-order valence-corrected chi connectivity index (χ0v) is 16.2. The summed E-state index contributed by atoms with van der Waals surface area (Å²) in [6, 6.07) is 11.2. The first-order valence-electron chi connectivity index (χ1n) is 8.51. The maximum atomic E-state index is 13.6. The number of carboxylic acids is 1. The molecule has 26 heavy (non-hydrogen) atoms. The van der Waals surface area contributed by atoms with Crippen molar-refractivity contribution >= 4 is 34.5 Å². The number of carbonyl (C=O) groups is 2. The van der Waals surface area contributed by atoms with Crippen LogP contribution in [0.25, 0.3) is 0 Å². The van der Waals surface area contributed by atoms with Crippen LogP contribution in [0.4, 0.5) is 4.39 Å². The van der Waals surface area contributed by atoms with Crippen molar-refractivity contribution in [3.63, 3.8) is 0 Å². The van der Waals surface area contributed by atoms with Gasteiger partial charge >= 0.3 is 5.97 Å². The van der Waals surface area contributed by atoms with Crippen molar-refractivity contribution in [3.05, 3.63) is 68.5 Å². The van der Waals surface area contributed by atoms with Crippen molar-refractivity contribution in [3.8, 4) is 0 Å². The van der Waals surface area contributed by atoms with Crippen LogP contribution in [0.3, 0.4) is 0 Å². The number of aromatic carboxylic acids is 1. The second-order valence-electron chi connectivity index (χ2n) is 6.55. The van der Waals surface area contributed by atoms with Crippen molar-refractivity contribution < 1.29 is 19.1 Å². The Bertz CT molecular complexity index is 836. The van der Waals surface area contributed by atoms with Crippen LogP contribution >= 0.6 is 22.6 Å². The fourth-order valence-electron chi connectivity index (χ4n) is 3.30. The van der Waals surface area contributed by atoms with E-state index in [1.807, 2.05) is 28.7 Å². The lowest BCUT2D eigenvalue weighted by Crippen LogP contribution is -2.37. The van der Waals surface area contributed by atoms with Crippen LogP contribution in [0.5, 0.6) is 0 Å². The Morgan fingerprint density at radius 1 is 1.23 bits per heavy atom. The predicted octanol–water partition coefficient (Wildman–Crippen LogP) is 4.33. The SMILES string of the molecule is O=C(Cc1cccc(I)c1C(=O)O)NC(c1cccc(F)c1)C1CCC1. The van der Waals surface area contributed by atoms with Crippen LogP contribution in [0, 0.1) is 15.3 Å². The van der Waals surface area contributed by atoms with Gasteiger partial charge in [0.15, 0.2) is 0 Å². The van der Waals surface area contributed by atoms with Crippen molar-refractivity contribution in [2.24, 2.45) is 5.92 Å². The Balaban J connectivity index is 1.79. The minimum atomic E-state index is -1.04. The summed E-state index contributed by atoms with van der Waals surface area (Å²) < 4.78 is 14.2. The molecule has 0 bridgehead atoms. The molecule has 0 saturated heterocycles. The molecule has 6 heteroatoms. The number of amides is 1. The molecule has 0 spiro atoms. The highest BCUT2D eigenvalue weighted by atomic mass is 127. The molecule has 136 valence electrons. The number of halogens is 2. The molecule has 3 rings (SSSR count). The average molecular weight is 467 g/mol. The van der Waals surface area contributed by atoms with Crippen LogP contribution in [-0.2, 0) is 11.2 Å². The highest BCUT2D eigenvalue weighted by Gasteiger charge is 2.30. The topological polar surface area (TPSA) is 66.4 Å². The first-order chi connectivity index (χ1) is 12.5. The first kappa shape index (κ1) is 18.8. The van der Waals surface area contributed by atoms with Crippen LogP contribution in [0.15, 0.2) is 42.5 Å². The molecule has 0 heterocycles. The second-order valence-corrected chi connectivity index (χ2v) is 7.71. The number of carboxylic acid groups (broad SMARTS) is 1. The fourth-order valence-corrected chi connectivity index (χ4v) is 4.08. The summed E-state index contributed by atoms with van der Waals surface area (Å²) in [4.78, 5) is 24.1. The van der Waals surface area contributed by atoms with Gasteiger partial charge < -0.3 is 10.4 Å². The number of nitrogens with one attached hydrogen (secondary N) is 1. The van der Waals surface area contributed by atoms with Crippen LogP contribution < -0.4 is 5.32 Å². The van der Waals surface area contributed by atoms with Gasteiger partial charge in [0.2, 0.25) is 5.91 Å². The van der Waals surface area contributed by atoms with E-state index in [4.69, 9.17) is 0 Å². The van der Waals surface area contributed by atoms with E-state index in [2.05, 4.69) is 5.32 Å². The van der Waals surface area contributed by atoms with Crippen molar-refractivity contribution in [1.29, 1.82) is 0 Å². The third-order valence-electron chi connectivity index (χ3n) is 4.81. The van der Waals surface area contributed by atoms with Gasteiger partial charge in [-0.25, -0.2) is 9.18 Å². The summed E-state index contributed by atoms with van der Waals surface area (Å²) in [6.45, 7) is 0. The molecule has 2 aromatic carbocycles. The predicted molar refractivity (Wildman–Crippen MR) is 104 cm³/mol. The summed E-state index contributed by atoms with van der Waals surface area (Å²) in [5.74, 6) is -1.34. The molecule has 1 atom stereocenters. The van der Waals surface area contributed by atoms with Gasteiger partial charge in [0, 0.05) is 3.57 Å². The lowest BCUT2D eigenvalue weighted by Gasteiger charge is -2.34. The smallest absolute Gasteiger partial charge is 0.337 e. The molecule has 0 aliphatic heterocycles. The Morgan fingerprint density at radius 3 is 2.58 bits per heavy atom. The van der Waals surface area contributed by atoms with E-state index in [0.29, 0.717) is 9.13 Å². The standard InChI is InChI=1S/C20H19FINO3/c21-15-8-2-7-14(10-15)19(12-4-1-5-12)23-17(24)11-13-6-3-9-16(22)18(13)20(25)26/h2-3,6-10,12,19H,1,4-5,11H2,(H,23,24)(H,25,26). The third kappa shape index (κ3) is 4.23. The second kappa shape index (κ2) is 8.16. The van der Waals surface area contributed by atoms with Gasteiger partial charge in [-0.1, -0.05) is 30.7 Å². The van der Waals surface area contributed by atoms with Gasteiger partial charge in [-0.05, 0) is 70.7 Å². The van der Waals surface area contributed by atoms with Gasteiger partial charge in [-0.3, -0.25) is 4.79 Å². The number of rotatable bonds is 6. The maximum absolute atomic E-state index is 13.6. The Hall–Kier alpha value is -1.96. The molecule has 0 aromatic heterocycles. The normalized spacial score (nSPS) is 15.2. The minimum absolute atomic E-state index is 0.0169. The molecule has 1 fully saturated rings. The minimum Gasteiger partial charge on any atom is -0.478 e. The number of hydrogen-bond acceptors (Lipinski definition) is 2. The van der Waals surface area contributed by atoms with Crippen LogP contribution in [0.2, 0.25) is 0 Å². The molecule has 1 aliphatic carbocycles. The molecule has 1 saturated carbocycles. The van der Waals surface area contributed by atoms with E-state index in [1.54, 1.807) is 24.3 Å². The van der Waals surface area contributed by atoms with Crippen molar-refractivity contribution in [1.82, 2.24) is 5.32 Å². The highest BCUT2D eigenvalue weighted by Crippen LogP contribution is 2.38. The Labute approximate surface area is 164 Å². The Kier molecular flexibility index (Phi) is 5.90. The molecular weight excluding hydrogens is 448 g/mol. The molecule has 4 nitrogen and oxygen atoms in total. The van der Waals surface area contributed by atoms with Gasteiger partial charge in [-0.15, -0.1) is 0 Å². The van der Waals surface area contributed by atoms with Gasteiger partial charge in [-0.2, -0.15) is 0 Å². The molecule has 2 aromatic rings. The van der Waals surface area contributed by atoms with Crippen molar-refractivity contribution in [2.45, 2.75) is 31.7 Å². The summed E-state index contributed by atoms with van der Waals surface area (Å²) in [7, 11) is 0.